The standard InChI is InChI=1S/C11H14N4O3S/c1-6-4-15-7(5-19-11(15)14-6)2-9(17)13-3-8(16)10(12)18/h4-5,8,16H,2-3H2,1H3,(H2,12,18)(H,13,17). The van der Waals surface area contributed by atoms with Gasteiger partial charge in [-0.05, 0) is 6.92 Å². The second kappa shape index (κ2) is 5.37. The van der Waals surface area contributed by atoms with Crippen LogP contribution in [0.2, 0.25) is 0 Å². The van der Waals surface area contributed by atoms with Gasteiger partial charge in [0.05, 0.1) is 18.7 Å². The predicted molar refractivity (Wildman–Crippen MR) is 69.7 cm³/mol. The number of thiazole rings is 1. The fourth-order valence-electron chi connectivity index (χ4n) is 1.61. The number of nitrogens with one attached hydrogen (secondary N) is 1. The average molecular weight is 282 g/mol. The zero-order valence-electron chi connectivity index (χ0n) is 10.3. The molecule has 0 bridgehead atoms. The topological polar surface area (TPSA) is 110 Å². The maximum Gasteiger partial charge on any atom is 0.248 e. The van der Waals surface area contributed by atoms with Gasteiger partial charge in [0.25, 0.3) is 0 Å². The molecule has 2 heterocycles. The van der Waals surface area contributed by atoms with Crippen molar-refractivity contribution in [3.63, 3.8) is 0 Å². The highest BCUT2D eigenvalue weighted by Gasteiger charge is 2.14. The summed E-state index contributed by atoms with van der Waals surface area (Å²) >= 11 is 1.45. The Morgan fingerprint density at radius 2 is 2.37 bits per heavy atom. The van der Waals surface area contributed by atoms with Crippen LogP contribution in [-0.4, -0.2) is 39.0 Å². The van der Waals surface area contributed by atoms with Crippen molar-refractivity contribution in [1.29, 1.82) is 0 Å². The summed E-state index contributed by atoms with van der Waals surface area (Å²) < 4.78 is 1.85. The summed E-state index contributed by atoms with van der Waals surface area (Å²) in [6, 6.07) is 0. The number of hydrogen-bond acceptors (Lipinski definition) is 5. The van der Waals surface area contributed by atoms with E-state index >= 15 is 0 Å². The number of carbonyl (C=O) groups is 2. The Kier molecular flexibility index (Phi) is 3.82. The number of fused-ring (bicyclic) bond motifs is 1. The molecule has 8 heteroatoms. The third kappa shape index (κ3) is 3.09. The lowest BCUT2D eigenvalue weighted by molar-refractivity contribution is -0.126. The molecular weight excluding hydrogens is 268 g/mol. The van der Waals surface area contributed by atoms with Crippen LogP contribution in [0.25, 0.3) is 4.96 Å². The molecule has 19 heavy (non-hydrogen) atoms. The SMILES string of the molecule is Cc1cn2c(CC(=O)NCC(O)C(N)=O)csc2n1. The van der Waals surface area contributed by atoms with E-state index in [-0.39, 0.29) is 18.9 Å². The lowest BCUT2D eigenvalue weighted by Crippen LogP contribution is -2.40. The molecule has 0 aliphatic heterocycles. The van der Waals surface area contributed by atoms with Gasteiger partial charge in [0, 0.05) is 17.3 Å². The van der Waals surface area contributed by atoms with Crippen LogP contribution in [0.1, 0.15) is 11.4 Å². The Bertz CT molecular complexity index is 619. The van der Waals surface area contributed by atoms with Crippen LogP contribution in [-0.2, 0) is 16.0 Å². The van der Waals surface area contributed by atoms with Crippen molar-refractivity contribution in [2.45, 2.75) is 19.4 Å². The molecule has 0 saturated heterocycles. The van der Waals surface area contributed by atoms with Gasteiger partial charge in [-0.25, -0.2) is 4.98 Å². The first-order chi connectivity index (χ1) is 8.97. The molecular formula is C11H14N4O3S. The molecule has 2 amide bonds. The minimum Gasteiger partial charge on any atom is -0.381 e. The monoisotopic (exact) mass is 282 g/mol. The Morgan fingerprint density at radius 1 is 1.63 bits per heavy atom. The molecule has 0 spiro atoms. The van der Waals surface area contributed by atoms with Crippen molar-refractivity contribution in [3.8, 4) is 0 Å². The minimum absolute atomic E-state index is 0.154. The highest BCUT2D eigenvalue weighted by atomic mass is 32.1. The van der Waals surface area contributed by atoms with Crippen molar-refractivity contribution < 1.29 is 14.7 Å². The highest BCUT2D eigenvalue weighted by Crippen LogP contribution is 2.16. The average Bonchev–Trinajstić information content (AvgIpc) is 2.87. The second-order valence-electron chi connectivity index (χ2n) is 4.16. The van der Waals surface area contributed by atoms with Crippen LogP contribution in [0.5, 0.6) is 0 Å². The van der Waals surface area contributed by atoms with Crippen molar-refractivity contribution >= 4 is 28.1 Å². The van der Waals surface area contributed by atoms with Gasteiger partial charge in [0.1, 0.15) is 6.10 Å². The summed E-state index contributed by atoms with van der Waals surface area (Å²) in [7, 11) is 0. The number of amides is 2. The van der Waals surface area contributed by atoms with Gasteiger partial charge in [-0.2, -0.15) is 0 Å². The number of nitrogens with zero attached hydrogens (tertiary/aromatic N) is 2. The van der Waals surface area contributed by atoms with E-state index in [9.17, 15) is 14.7 Å². The summed E-state index contributed by atoms with van der Waals surface area (Å²) in [6.07, 6.45) is 0.649. The Balaban J connectivity index is 1.97. The maximum absolute atomic E-state index is 11.7. The normalized spacial score (nSPS) is 12.5. The Hall–Kier alpha value is -1.93. The van der Waals surface area contributed by atoms with E-state index in [0.29, 0.717) is 0 Å². The molecule has 2 rings (SSSR count). The fourth-order valence-corrected chi connectivity index (χ4v) is 2.53. The van der Waals surface area contributed by atoms with E-state index in [1.807, 2.05) is 22.9 Å². The van der Waals surface area contributed by atoms with Gasteiger partial charge >= 0.3 is 0 Å². The molecule has 102 valence electrons. The zero-order valence-corrected chi connectivity index (χ0v) is 11.1. The van der Waals surface area contributed by atoms with Crippen molar-refractivity contribution in [2.75, 3.05) is 6.54 Å². The largest absolute Gasteiger partial charge is 0.381 e. The first-order valence-corrected chi connectivity index (χ1v) is 6.51. The third-order valence-electron chi connectivity index (χ3n) is 2.57. The van der Waals surface area contributed by atoms with Crippen molar-refractivity contribution in [3.05, 3.63) is 23.0 Å². The van der Waals surface area contributed by atoms with Crippen LogP contribution in [0.15, 0.2) is 11.6 Å². The number of nitrogens with two attached hydrogens (primary N) is 1. The van der Waals surface area contributed by atoms with Gasteiger partial charge in [-0.1, -0.05) is 0 Å². The van der Waals surface area contributed by atoms with Crippen molar-refractivity contribution in [1.82, 2.24) is 14.7 Å². The number of aliphatic hydroxyl groups is 1. The molecule has 4 N–H and O–H groups in total. The minimum atomic E-state index is -1.36. The van der Waals surface area contributed by atoms with E-state index < -0.39 is 12.0 Å². The van der Waals surface area contributed by atoms with Crippen LogP contribution in [0.3, 0.4) is 0 Å². The summed E-state index contributed by atoms with van der Waals surface area (Å²) in [4.78, 5) is 27.4. The molecule has 0 aromatic carbocycles. The van der Waals surface area contributed by atoms with Crippen LogP contribution in [0, 0.1) is 6.92 Å². The van der Waals surface area contributed by atoms with Gasteiger partial charge in [0.15, 0.2) is 4.96 Å². The number of hydrogen-bond donors (Lipinski definition) is 3. The van der Waals surface area contributed by atoms with E-state index in [1.54, 1.807) is 0 Å². The first kappa shape index (κ1) is 13.5. The van der Waals surface area contributed by atoms with E-state index in [1.165, 1.54) is 11.3 Å². The molecule has 0 saturated carbocycles. The lowest BCUT2D eigenvalue weighted by atomic mass is 10.3. The van der Waals surface area contributed by atoms with Crippen LogP contribution < -0.4 is 11.1 Å². The molecule has 0 aliphatic rings. The van der Waals surface area contributed by atoms with E-state index in [4.69, 9.17) is 5.73 Å². The molecule has 2 aromatic rings. The Morgan fingerprint density at radius 3 is 3.05 bits per heavy atom. The summed E-state index contributed by atoms with van der Waals surface area (Å²) in [6.45, 7) is 1.71. The van der Waals surface area contributed by atoms with Crippen LogP contribution in [0.4, 0.5) is 0 Å². The number of rotatable bonds is 5. The van der Waals surface area contributed by atoms with Gasteiger partial charge in [-0.3, -0.25) is 14.0 Å². The summed E-state index contributed by atoms with van der Waals surface area (Å²) in [5.41, 5.74) is 6.58. The number of aryl methyl sites for hydroxylation is 1. The number of imidazole rings is 1. The van der Waals surface area contributed by atoms with E-state index in [0.717, 1.165) is 16.3 Å². The smallest absolute Gasteiger partial charge is 0.248 e. The van der Waals surface area contributed by atoms with Crippen LogP contribution >= 0.6 is 11.3 Å². The van der Waals surface area contributed by atoms with Gasteiger partial charge in [-0.15, -0.1) is 11.3 Å². The zero-order chi connectivity index (χ0) is 14.0. The number of aliphatic hydroxyl groups excluding tert-OH is 1. The lowest BCUT2D eigenvalue weighted by Gasteiger charge is -2.08. The molecule has 0 aliphatic carbocycles. The fraction of sp³-hybridized carbons (Fsp3) is 0.364. The van der Waals surface area contributed by atoms with E-state index in [2.05, 4.69) is 10.3 Å². The third-order valence-corrected chi connectivity index (χ3v) is 3.46. The second-order valence-corrected chi connectivity index (χ2v) is 5.00. The molecule has 0 radical (unpaired) electrons. The molecule has 2 aromatic heterocycles. The summed E-state index contributed by atoms with van der Waals surface area (Å²) in [5, 5.41) is 13.5. The Labute approximate surface area is 113 Å². The van der Waals surface area contributed by atoms with Crippen molar-refractivity contribution in [2.24, 2.45) is 5.73 Å². The molecule has 0 fully saturated rings. The number of carbonyl (C=O) groups excluding carboxylic acids is 2. The molecule has 1 unspecified atom stereocenters. The van der Waals surface area contributed by atoms with Gasteiger partial charge < -0.3 is 16.2 Å². The number of primary amides is 1. The molecule has 7 nitrogen and oxygen atoms in total. The summed E-state index contributed by atoms with van der Waals surface area (Å²) in [5.74, 6) is -1.14. The maximum atomic E-state index is 11.7. The number of aromatic nitrogens is 2. The highest BCUT2D eigenvalue weighted by molar-refractivity contribution is 7.15. The predicted octanol–water partition coefficient (Wildman–Crippen LogP) is -0.791. The quantitative estimate of drug-likeness (QED) is 0.667. The first-order valence-electron chi connectivity index (χ1n) is 5.63. The molecule has 1 atom stereocenters. The van der Waals surface area contributed by atoms with Gasteiger partial charge in [0.2, 0.25) is 11.8 Å².